The highest BCUT2D eigenvalue weighted by Gasteiger charge is 2.06. The average molecular weight is 219 g/mol. The van der Waals surface area contributed by atoms with E-state index >= 15 is 0 Å². The molecule has 0 spiro atoms. The van der Waals surface area contributed by atoms with Crippen LogP contribution in [0.3, 0.4) is 0 Å². The minimum Gasteiger partial charge on any atom is -0.329 e. The number of nitrogens with one attached hydrogen (secondary N) is 1. The summed E-state index contributed by atoms with van der Waals surface area (Å²) in [4.78, 5) is 1.19. The van der Waals surface area contributed by atoms with Gasteiger partial charge in [-0.1, -0.05) is 11.6 Å². The SMILES string of the molecule is Cc1csc(CNC(C)CN)c1Cl. The van der Waals surface area contributed by atoms with Gasteiger partial charge in [0.15, 0.2) is 0 Å². The highest BCUT2D eigenvalue weighted by atomic mass is 35.5. The maximum atomic E-state index is 6.07. The molecule has 0 saturated heterocycles. The molecule has 0 bridgehead atoms. The molecular formula is C9H15ClN2S. The molecule has 0 amide bonds. The normalized spacial score (nSPS) is 13.2. The number of halogens is 1. The van der Waals surface area contributed by atoms with Crippen LogP contribution >= 0.6 is 22.9 Å². The van der Waals surface area contributed by atoms with Crippen LogP contribution in [0.1, 0.15) is 17.4 Å². The fraction of sp³-hybridized carbons (Fsp3) is 0.556. The Labute approximate surface area is 88.1 Å². The molecule has 0 aliphatic carbocycles. The van der Waals surface area contributed by atoms with E-state index in [0.29, 0.717) is 12.6 Å². The zero-order chi connectivity index (χ0) is 9.84. The van der Waals surface area contributed by atoms with Crippen molar-refractivity contribution in [2.24, 2.45) is 5.73 Å². The van der Waals surface area contributed by atoms with Crippen LogP contribution < -0.4 is 11.1 Å². The second-order valence-electron chi connectivity index (χ2n) is 3.17. The predicted octanol–water partition coefficient (Wildman–Crippen LogP) is 2.15. The Morgan fingerprint density at radius 3 is 2.85 bits per heavy atom. The van der Waals surface area contributed by atoms with Gasteiger partial charge >= 0.3 is 0 Å². The highest BCUT2D eigenvalue weighted by Crippen LogP contribution is 2.26. The van der Waals surface area contributed by atoms with Gasteiger partial charge in [-0.3, -0.25) is 0 Å². The Kier molecular flexibility index (Phi) is 4.19. The first kappa shape index (κ1) is 11.0. The highest BCUT2D eigenvalue weighted by molar-refractivity contribution is 7.10. The number of hydrogen-bond donors (Lipinski definition) is 2. The number of rotatable bonds is 4. The van der Waals surface area contributed by atoms with E-state index in [9.17, 15) is 0 Å². The summed E-state index contributed by atoms with van der Waals surface area (Å²) in [5.74, 6) is 0. The van der Waals surface area contributed by atoms with Gasteiger partial charge in [-0.2, -0.15) is 0 Å². The van der Waals surface area contributed by atoms with Gasteiger partial charge in [-0.15, -0.1) is 11.3 Å². The van der Waals surface area contributed by atoms with Gasteiger partial charge in [0.05, 0.1) is 5.02 Å². The summed E-state index contributed by atoms with van der Waals surface area (Å²) in [5, 5.41) is 6.27. The summed E-state index contributed by atoms with van der Waals surface area (Å²) in [7, 11) is 0. The fourth-order valence-electron chi connectivity index (χ4n) is 0.952. The zero-order valence-electron chi connectivity index (χ0n) is 7.93. The maximum absolute atomic E-state index is 6.07. The van der Waals surface area contributed by atoms with E-state index in [2.05, 4.69) is 17.6 Å². The molecule has 1 aromatic heterocycles. The van der Waals surface area contributed by atoms with Crippen LogP contribution in [0.25, 0.3) is 0 Å². The number of aryl methyl sites for hydroxylation is 1. The summed E-state index contributed by atoms with van der Waals surface area (Å²) in [6.45, 7) is 5.56. The first-order valence-electron chi connectivity index (χ1n) is 4.31. The van der Waals surface area contributed by atoms with E-state index in [1.807, 2.05) is 6.92 Å². The van der Waals surface area contributed by atoms with Gasteiger partial charge in [-0.05, 0) is 24.8 Å². The first-order chi connectivity index (χ1) is 6.15. The third kappa shape index (κ3) is 2.95. The molecule has 3 N–H and O–H groups in total. The second kappa shape index (κ2) is 4.96. The van der Waals surface area contributed by atoms with Gasteiger partial charge in [0, 0.05) is 24.0 Å². The summed E-state index contributed by atoms with van der Waals surface area (Å²) < 4.78 is 0. The molecule has 13 heavy (non-hydrogen) atoms. The van der Waals surface area contributed by atoms with Crippen LogP contribution in [0, 0.1) is 6.92 Å². The van der Waals surface area contributed by atoms with Crippen molar-refractivity contribution in [1.29, 1.82) is 0 Å². The van der Waals surface area contributed by atoms with Crippen LogP contribution in [0.5, 0.6) is 0 Å². The van der Waals surface area contributed by atoms with E-state index in [-0.39, 0.29) is 0 Å². The zero-order valence-corrected chi connectivity index (χ0v) is 9.50. The van der Waals surface area contributed by atoms with Crippen molar-refractivity contribution < 1.29 is 0 Å². The molecule has 0 fully saturated rings. The largest absolute Gasteiger partial charge is 0.329 e. The minimum absolute atomic E-state index is 0.346. The van der Waals surface area contributed by atoms with Crippen molar-refractivity contribution in [2.75, 3.05) is 6.54 Å². The predicted molar refractivity (Wildman–Crippen MR) is 59.4 cm³/mol. The third-order valence-corrected chi connectivity index (χ3v) is 3.68. The maximum Gasteiger partial charge on any atom is 0.0587 e. The van der Waals surface area contributed by atoms with Crippen molar-refractivity contribution in [2.45, 2.75) is 26.4 Å². The van der Waals surface area contributed by atoms with Crippen LogP contribution in [-0.4, -0.2) is 12.6 Å². The number of hydrogen-bond acceptors (Lipinski definition) is 3. The Balaban J connectivity index is 2.50. The lowest BCUT2D eigenvalue weighted by Gasteiger charge is -2.09. The van der Waals surface area contributed by atoms with Crippen molar-refractivity contribution in [3.05, 3.63) is 20.8 Å². The van der Waals surface area contributed by atoms with Crippen LogP contribution in [-0.2, 0) is 6.54 Å². The molecule has 1 unspecified atom stereocenters. The summed E-state index contributed by atoms with van der Waals surface area (Å²) in [5.41, 5.74) is 6.64. The lowest BCUT2D eigenvalue weighted by atomic mass is 10.3. The van der Waals surface area contributed by atoms with E-state index in [1.165, 1.54) is 4.88 Å². The fourth-order valence-corrected chi connectivity index (χ4v) is 2.14. The molecule has 1 aromatic rings. The van der Waals surface area contributed by atoms with Crippen LogP contribution in [0.4, 0.5) is 0 Å². The Hall–Kier alpha value is -0.0900. The summed E-state index contributed by atoms with van der Waals surface area (Å²) >= 11 is 7.77. The monoisotopic (exact) mass is 218 g/mol. The van der Waals surface area contributed by atoms with Crippen LogP contribution in [0.2, 0.25) is 5.02 Å². The first-order valence-corrected chi connectivity index (χ1v) is 5.56. The lowest BCUT2D eigenvalue weighted by molar-refractivity contribution is 0.560. The minimum atomic E-state index is 0.346. The number of thiophene rings is 1. The third-order valence-electron chi connectivity index (χ3n) is 1.93. The quantitative estimate of drug-likeness (QED) is 0.813. The van der Waals surface area contributed by atoms with E-state index < -0.39 is 0 Å². The molecule has 0 saturated carbocycles. The Bertz CT molecular complexity index is 273. The molecule has 0 aliphatic heterocycles. The van der Waals surface area contributed by atoms with E-state index in [0.717, 1.165) is 17.1 Å². The van der Waals surface area contributed by atoms with E-state index in [1.54, 1.807) is 11.3 Å². The van der Waals surface area contributed by atoms with Crippen LogP contribution in [0.15, 0.2) is 5.38 Å². The average Bonchev–Trinajstić information content (AvgIpc) is 2.44. The Morgan fingerprint density at radius 2 is 2.38 bits per heavy atom. The van der Waals surface area contributed by atoms with Crippen molar-refractivity contribution in [3.8, 4) is 0 Å². The van der Waals surface area contributed by atoms with Gasteiger partial charge in [0.2, 0.25) is 0 Å². The van der Waals surface area contributed by atoms with Crippen molar-refractivity contribution >= 4 is 22.9 Å². The molecule has 1 rings (SSSR count). The van der Waals surface area contributed by atoms with E-state index in [4.69, 9.17) is 17.3 Å². The lowest BCUT2D eigenvalue weighted by Crippen LogP contribution is -2.32. The van der Waals surface area contributed by atoms with Crippen molar-refractivity contribution in [1.82, 2.24) is 5.32 Å². The number of nitrogens with two attached hydrogens (primary N) is 1. The standard InChI is InChI=1S/C9H15ClN2S/c1-6-5-13-8(9(6)10)4-12-7(2)3-11/h5,7,12H,3-4,11H2,1-2H3. The molecular weight excluding hydrogens is 204 g/mol. The molecule has 4 heteroatoms. The molecule has 0 aromatic carbocycles. The van der Waals surface area contributed by atoms with Gasteiger partial charge < -0.3 is 11.1 Å². The second-order valence-corrected chi connectivity index (χ2v) is 4.52. The topological polar surface area (TPSA) is 38.0 Å². The molecule has 2 nitrogen and oxygen atoms in total. The van der Waals surface area contributed by atoms with Gasteiger partial charge in [-0.25, -0.2) is 0 Å². The summed E-state index contributed by atoms with van der Waals surface area (Å²) in [6, 6.07) is 0.346. The molecule has 74 valence electrons. The Morgan fingerprint density at radius 1 is 1.69 bits per heavy atom. The smallest absolute Gasteiger partial charge is 0.0587 e. The summed E-state index contributed by atoms with van der Waals surface area (Å²) in [6.07, 6.45) is 0. The molecule has 1 atom stereocenters. The van der Waals surface area contributed by atoms with Gasteiger partial charge in [0.25, 0.3) is 0 Å². The molecule has 0 radical (unpaired) electrons. The molecule has 0 aliphatic rings. The van der Waals surface area contributed by atoms with Gasteiger partial charge in [0.1, 0.15) is 0 Å². The van der Waals surface area contributed by atoms with Crippen molar-refractivity contribution in [3.63, 3.8) is 0 Å². The molecule has 1 heterocycles.